The topological polar surface area (TPSA) is 73.8 Å². The maximum Gasteiger partial charge on any atom is 0.332 e. The van der Waals surface area contributed by atoms with Gasteiger partial charge in [0.15, 0.2) is 11.2 Å². The molecular formula is C15H23N5O2. The largest absolute Gasteiger partial charge is 0.359 e. The minimum absolute atomic E-state index is 0.139. The Morgan fingerprint density at radius 1 is 1.23 bits per heavy atom. The van der Waals surface area contributed by atoms with Crippen molar-refractivity contribution in [3.63, 3.8) is 0 Å². The molecule has 1 aliphatic rings. The lowest BCUT2D eigenvalue weighted by Crippen LogP contribution is -2.40. The summed E-state index contributed by atoms with van der Waals surface area (Å²) in [5, 5.41) is 3.02. The van der Waals surface area contributed by atoms with Gasteiger partial charge in [-0.25, -0.2) is 4.79 Å². The van der Waals surface area contributed by atoms with E-state index < -0.39 is 0 Å². The molecule has 0 spiro atoms. The number of imidazole rings is 1. The van der Waals surface area contributed by atoms with E-state index >= 15 is 0 Å². The van der Waals surface area contributed by atoms with Gasteiger partial charge >= 0.3 is 5.69 Å². The monoisotopic (exact) mass is 305 g/mol. The Morgan fingerprint density at radius 3 is 2.50 bits per heavy atom. The van der Waals surface area contributed by atoms with Crippen molar-refractivity contribution in [2.45, 2.75) is 51.6 Å². The molecule has 2 heterocycles. The minimum atomic E-state index is -0.275. The number of aryl methyl sites for hydroxylation is 1. The van der Waals surface area contributed by atoms with Crippen LogP contribution in [-0.4, -0.2) is 25.7 Å². The Morgan fingerprint density at radius 2 is 1.91 bits per heavy atom. The molecule has 120 valence electrons. The van der Waals surface area contributed by atoms with Crippen molar-refractivity contribution in [1.82, 2.24) is 18.7 Å². The zero-order valence-electron chi connectivity index (χ0n) is 13.4. The first-order valence-electron chi connectivity index (χ1n) is 7.99. The molecule has 0 saturated heterocycles. The summed E-state index contributed by atoms with van der Waals surface area (Å²) in [7, 11) is 3.33. The van der Waals surface area contributed by atoms with Gasteiger partial charge in [0.05, 0.1) is 0 Å². The molecule has 1 N–H and O–H groups in total. The lowest BCUT2D eigenvalue weighted by molar-refractivity contribution is 0.345. The van der Waals surface area contributed by atoms with E-state index in [2.05, 4.69) is 10.3 Å². The summed E-state index contributed by atoms with van der Waals surface area (Å²) >= 11 is 0. The van der Waals surface area contributed by atoms with Crippen LogP contribution >= 0.6 is 0 Å². The van der Waals surface area contributed by atoms with E-state index in [0.29, 0.717) is 23.7 Å². The zero-order valence-corrected chi connectivity index (χ0v) is 13.4. The third kappa shape index (κ3) is 2.07. The highest BCUT2D eigenvalue weighted by atomic mass is 16.2. The van der Waals surface area contributed by atoms with Gasteiger partial charge in [-0.05, 0) is 19.8 Å². The van der Waals surface area contributed by atoms with Crippen molar-refractivity contribution < 1.29 is 0 Å². The van der Waals surface area contributed by atoms with Gasteiger partial charge < -0.3 is 9.88 Å². The third-order valence-electron chi connectivity index (χ3n) is 4.66. The van der Waals surface area contributed by atoms with Crippen molar-refractivity contribution in [1.29, 1.82) is 0 Å². The lowest BCUT2D eigenvalue weighted by atomic mass is 9.95. The molecule has 0 aliphatic heterocycles. The fraction of sp³-hybridized carbons (Fsp3) is 0.667. The molecule has 2 aromatic heterocycles. The molecule has 0 amide bonds. The molecule has 0 bridgehead atoms. The molecule has 0 radical (unpaired) electrons. The molecule has 1 aliphatic carbocycles. The molecule has 7 nitrogen and oxygen atoms in total. The van der Waals surface area contributed by atoms with Crippen LogP contribution in [0, 0.1) is 0 Å². The number of nitrogens with one attached hydrogen (secondary N) is 1. The maximum absolute atomic E-state index is 12.7. The number of anilines is 1. The molecule has 1 saturated carbocycles. The second-order valence-corrected chi connectivity index (χ2v) is 5.91. The Hall–Kier alpha value is -2.05. The summed E-state index contributed by atoms with van der Waals surface area (Å²) in [4.78, 5) is 29.8. The molecule has 3 rings (SSSR count). The maximum atomic E-state index is 12.7. The van der Waals surface area contributed by atoms with E-state index in [9.17, 15) is 9.59 Å². The van der Waals surface area contributed by atoms with E-state index in [1.807, 2.05) is 11.5 Å². The van der Waals surface area contributed by atoms with Crippen LogP contribution in [0.3, 0.4) is 0 Å². The summed E-state index contributed by atoms with van der Waals surface area (Å²) in [6.07, 6.45) is 5.40. The van der Waals surface area contributed by atoms with Gasteiger partial charge in [0, 0.05) is 26.7 Å². The van der Waals surface area contributed by atoms with E-state index in [-0.39, 0.29) is 17.3 Å². The number of fused-ring (bicyclic) bond motifs is 1. The zero-order chi connectivity index (χ0) is 15.9. The van der Waals surface area contributed by atoms with Gasteiger partial charge in [-0.3, -0.25) is 13.9 Å². The normalized spacial score (nSPS) is 16.3. The van der Waals surface area contributed by atoms with Crippen LogP contribution in [0.1, 0.15) is 45.1 Å². The lowest BCUT2D eigenvalue weighted by Gasteiger charge is -2.24. The van der Waals surface area contributed by atoms with Crippen molar-refractivity contribution in [2.75, 3.05) is 12.4 Å². The average Bonchev–Trinajstić information content (AvgIpc) is 2.92. The Kier molecular flexibility index (Phi) is 3.80. The highest BCUT2D eigenvalue weighted by molar-refractivity contribution is 5.74. The van der Waals surface area contributed by atoms with E-state index in [1.54, 1.807) is 18.7 Å². The van der Waals surface area contributed by atoms with Gasteiger partial charge in [-0.1, -0.05) is 19.3 Å². The van der Waals surface area contributed by atoms with Crippen molar-refractivity contribution in [3.05, 3.63) is 20.8 Å². The van der Waals surface area contributed by atoms with Crippen molar-refractivity contribution >= 4 is 17.1 Å². The first-order chi connectivity index (χ1) is 10.6. The molecule has 0 unspecified atom stereocenters. The summed E-state index contributed by atoms with van der Waals surface area (Å²) < 4.78 is 4.80. The van der Waals surface area contributed by atoms with E-state index in [0.717, 1.165) is 25.7 Å². The molecule has 0 aromatic carbocycles. The Bertz CT molecular complexity index is 808. The highest BCUT2D eigenvalue weighted by Crippen LogP contribution is 2.29. The average molecular weight is 305 g/mol. The second kappa shape index (κ2) is 5.62. The van der Waals surface area contributed by atoms with Crippen LogP contribution < -0.4 is 16.6 Å². The molecule has 2 aromatic rings. The molecule has 1 fully saturated rings. The minimum Gasteiger partial charge on any atom is -0.359 e. The van der Waals surface area contributed by atoms with Crippen molar-refractivity contribution in [3.8, 4) is 0 Å². The van der Waals surface area contributed by atoms with Gasteiger partial charge in [0.1, 0.15) is 0 Å². The fourth-order valence-corrected chi connectivity index (χ4v) is 3.48. The molecule has 0 atom stereocenters. The second-order valence-electron chi connectivity index (χ2n) is 5.91. The van der Waals surface area contributed by atoms with Crippen molar-refractivity contribution in [2.24, 2.45) is 7.05 Å². The number of hydrogen-bond acceptors (Lipinski definition) is 4. The molecule has 7 heteroatoms. The van der Waals surface area contributed by atoms with E-state index in [1.165, 1.54) is 11.0 Å². The predicted molar refractivity (Wildman–Crippen MR) is 86.6 cm³/mol. The van der Waals surface area contributed by atoms with Crippen LogP contribution in [-0.2, 0) is 13.6 Å². The highest BCUT2D eigenvalue weighted by Gasteiger charge is 2.25. The van der Waals surface area contributed by atoms with Gasteiger partial charge in [0.2, 0.25) is 5.95 Å². The smallest absolute Gasteiger partial charge is 0.332 e. The first-order valence-corrected chi connectivity index (χ1v) is 7.99. The predicted octanol–water partition coefficient (Wildman–Crippen LogP) is 1.46. The standard InChI is InChI=1S/C15H23N5O2/c1-4-19-11-12(17-14(19)16-2)20(10-8-6-5-7-9-10)15(22)18(3)13(11)21/h10H,4-9H2,1-3H3,(H,16,17). The van der Waals surface area contributed by atoms with E-state index in [4.69, 9.17) is 0 Å². The van der Waals surface area contributed by atoms with Crippen LogP contribution in [0.4, 0.5) is 5.95 Å². The first kappa shape index (κ1) is 14.9. The summed E-state index contributed by atoms with van der Waals surface area (Å²) in [5.74, 6) is 0.629. The summed E-state index contributed by atoms with van der Waals surface area (Å²) in [5.41, 5.74) is 0.501. The number of nitrogens with zero attached hydrogens (tertiary/aromatic N) is 4. The van der Waals surface area contributed by atoms with Gasteiger partial charge in [-0.15, -0.1) is 0 Å². The Balaban J connectivity index is 2.38. The molecule has 22 heavy (non-hydrogen) atoms. The number of rotatable bonds is 3. The summed E-state index contributed by atoms with van der Waals surface area (Å²) in [6.45, 7) is 2.60. The van der Waals surface area contributed by atoms with Crippen LogP contribution in [0.25, 0.3) is 11.2 Å². The quantitative estimate of drug-likeness (QED) is 0.932. The molecular weight excluding hydrogens is 282 g/mol. The summed E-state index contributed by atoms with van der Waals surface area (Å²) in [6, 6.07) is 0.139. The third-order valence-corrected chi connectivity index (χ3v) is 4.66. The van der Waals surface area contributed by atoms with Gasteiger partial charge in [0.25, 0.3) is 5.56 Å². The van der Waals surface area contributed by atoms with Crippen LogP contribution in [0.15, 0.2) is 9.59 Å². The fourth-order valence-electron chi connectivity index (χ4n) is 3.48. The number of hydrogen-bond donors (Lipinski definition) is 1. The van der Waals surface area contributed by atoms with Gasteiger partial charge in [-0.2, -0.15) is 4.98 Å². The van der Waals surface area contributed by atoms with Crippen LogP contribution in [0.2, 0.25) is 0 Å². The van der Waals surface area contributed by atoms with Crippen LogP contribution in [0.5, 0.6) is 0 Å². The SMILES string of the molecule is CCn1c(NC)nc2c1c(=O)n(C)c(=O)n2C1CCCCC1. The Labute approximate surface area is 128 Å². The number of aromatic nitrogens is 4.